The monoisotopic (exact) mass is 258 g/mol. The molecule has 0 heterocycles. The van der Waals surface area contributed by atoms with Crippen molar-refractivity contribution < 1.29 is 9.90 Å². The van der Waals surface area contributed by atoms with E-state index in [1.54, 1.807) is 7.05 Å². The van der Waals surface area contributed by atoms with E-state index < -0.39 is 0 Å². The summed E-state index contributed by atoms with van der Waals surface area (Å²) in [4.78, 5) is 13.1. The minimum absolute atomic E-state index is 0.0279. The molecule has 0 aliphatic carbocycles. The number of likely N-dealkylation sites (N-methyl/N-ethyl adjacent to an activating group) is 1. The van der Waals surface area contributed by atoms with E-state index in [-0.39, 0.29) is 12.6 Å². The van der Waals surface area contributed by atoms with Gasteiger partial charge >= 0.3 is 6.03 Å². The van der Waals surface area contributed by atoms with Crippen LogP contribution in [-0.2, 0) is 6.54 Å². The summed E-state index contributed by atoms with van der Waals surface area (Å²) in [5, 5.41) is 13.9. The first-order valence-electron chi connectivity index (χ1n) is 6.28. The summed E-state index contributed by atoms with van der Waals surface area (Å²) in [5.74, 6) is 0. The molecule has 0 aliphatic rings. The second kappa shape index (κ2) is 6.20. The van der Waals surface area contributed by atoms with Crippen LogP contribution in [0.5, 0.6) is 0 Å². The molecule has 4 nitrogen and oxygen atoms in total. The van der Waals surface area contributed by atoms with Gasteiger partial charge in [-0.2, -0.15) is 0 Å². The lowest BCUT2D eigenvalue weighted by molar-refractivity contribution is 0.190. The van der Waals surface area contributed by atoms with Crippen LogP contribution in [0.1, 0.15) is 5.56 Å². The molecule has 0 unspecified atom stereocenters. The SMILES string of the molecule is CN(CCO)C(=O)NCc1ccc2ccccc2c1. The molecule has 4 heteroatoms. The molecule has 2 aromatic rings. The summed E-state index contributed by atoms with van der Waals surface area (Å²) < 4.78 is 0. The van der Waals surface area contributed by atoms with Crippen LogP contribution >= 0.6 is 0 Å². The van der Waals surface area contributed by atoms with E-state index in [1.165, 1.54) is 10.3 Å². The zero-order valence-corrected chi connectivity index (χ0v) is 11.0. The Morgan fingerprint density at radius 2 is 1.95 bits per heavy atom. The van der Waals surface area contributed by atoms with Crippen molar-refractivity contribution in [1.29, 1.82) is 0 Å². The fraction of sp³-hybridized carbons (Fsp3) is 0.267. The Hall–Kier alpha value is -2.07. The van der Waals surface area contributed by atoms with Gasteiger partial charge in [-0.3, -0.25) is 0 Å². The lowest BCUT2D eigenvalue weighted by Crippen LogP contribution is -2.38. The van der Waals surface area contributed by atoms with Gasteiger partial charge in [0.25, 0.3) is 0 Å². The van der Waals surface area contributed by atoms with Gasteiger partial charge in [0.1, 0.15) is 0 Å². The van der Waals surface area contributed by atoms with Crippen molar-refractivity contribution in [2.24, 2.45) is 0 Å². The number of benzene rings is 2. The fourth-order valence-corrected chi connectivity index (χ4v) is 1.91. The van der Waals surface area contributed by atoms with Crippen LogP contribution < -0.4 is 5.32 Å². The zero-order chi connectivity index (χ0) is 13.7. The number of hydrogen-bond acceptors (Lipinski definition) is 2. The van der Waals surface area contributed by atoms with Gasteiger partial charge in [-0.25, -0.2) is 4.79 Å². The lowest BCUT2D eigenvalue weighted by atomic mass is 10.1. The first kappa shape index (κ1) is 13.4. The van der Waals surface area contributed by atoms with Crippen LogP contribution in [0.15, 0.2) is 42.5 Å². The molecule has 2 aromatic carbocycles. The van der Waals surface area contributed by atoms with Gasteiger partial charge in [0.15, 0.2) is 0 Å². The Morgan fingerprint density at radius 1 is 1.21 bits per heavy atom. The van der Waals surface area contributed by atoms with Crippen LogP contribution in [0, 0.1) is 0 Å². The van der Waals surface area contributed by atoms with Crippen LogP contribution in [0.25, 0.3) is 10.8 Å². The summed E-state index contributed by atoms with van der Waals surface area (Å²) in [6.07, 6.45) is 0. The van der Waals surface area contributed by atoms with Gasteiger partial charge in [0.2, 0.25) is 0 Å². The quantitative estimate of drug-likeness (QED) is 0.881. The van der Waals surface area contributed by atoms with Crippen molar-refractivity contribution in [3.63, 3.8) is 0 Å². The van der Waals surface area contributed by atoms with E-state index in [0.29, 0.717) is 13.1 Å². The predicted octanol–water partition coefficient (Wildman–Crippen LogP) is 1.97. The maximum Gasteiger partial charge on any atom is 0.317 e. The molecule has 0 spiro atoms. The topological polar surface area (TPSA) is 52.6 Å². The molecule has 19 heavy (non-hydrogen) atoms. The van der Waals surface area contributed by atoms with Gasteiger partial charge in [-0.1, -0.05) is 36.4 Å². The highest BCUT2D eigenvalue weighted by atomic mass is 16.3. The lowest BCUT2D eigenvalue weighted by Gasteiger charge is -2.16. The third-order valence-corrected chi connectivity index (χ3v) is 3.04. The molecule has 0 atom stereocenters. The van der Waals surface area contributed by atoms with Gasteiger partial charge < -0.3 is 15.3 Å². The Morgan fingerprint density at radius 3 is 2.68 bits per heavy atom. The van der Waals surface area contributed by atoms with Crippen LogP contribution in [0.2, 0.25) is 0 Å². The first-order chi connectivity index (χ1) is 9.20. The molecule has 0 saturated carbocycles. The minimum Gasteiger partial charge on any atom is -0.395 e. The van der Waals surface area contributed by atoms with Crippen LogP contribution in [0.4, 0.5) is 4.79 Å². The third kappa shape index (κ3) is 3.45. The Kier molecular flexibility index (Phi) is 4.36. The molecule has 0 radical (unpaired) electrons. The molecule has 0 fully saturated rings. The minimum atomic E-state index is -0.179. The number of aliphatic hydroxyl groups excluding tert-OH is 1. The van der Waals surface area contributed by atoms with Crippen molar-refractivity contribution in [3.8, 4) is 0 Å². The standard InChI is InChI=1S/C15H18N2O2/c1-17(8-9-18)15(19)16-11-12-6-7-13-4-2-3-5-14(13)10-12/h2-7,10,18H,8-9,11H2,1H3,(H,16,19). The number of hydrogen-bond donors (Lipinski definition) is 2. The van der Waals surface area contributed by atoms with Gasteiger partial charge in [-0.15, -0.1) is 0 Å². The Balaban J connectivity index is 2.00. The average Bonchev–Trinajstić information content (AvgIpc) is 2.44. The number of fused-ring (bicyclic) bond motifs is 1. The maximum absolute atomic E-state index is 11.7. The molecule has 0 aromatic heterocycles. The molecule has 100 valence electrons. The van der Waals surface area contributed by atoms with Crippen molar-refractivity contribution in [2.75, 3.05) is 20.2 Å². The normalized spacial score (nSPS) is 10.4. The summed E-state index contributed by atoms with van der Waals surface area (Å²) >= 11 is 0. The number of nitrogens with one attached hydrogen (secondary N) is 1. The van der Waals surface area contributed by atoms with E-state index in [4.69, 9.17) is 5.11 Å². The van der Waals surface area contributed by atoms with Crippen molar-refractivity contribution in [1.82, 2.24) is 10.2 Å². The summed E-state index contributed by atoms with van der Waals surface area (Å²) in [6.45, 7) is 0.795. The largest absolute Gasteiger partial charge is 0.395 e. The maximum atomic E-state index is 11.7. The highest BCUT2D eigenvalue weighted by Crippen LogP contribution is 2.15. The van der Waals surface area contributed by atoms with E-state index in [1.807, 2.05) is 24.3 Å². The number of carbonyl (C=O) groups excluding carboxylic acids is 1. The molecule has 2 N–H and O–H groups in total. The van der Waals surface area contributed by atoms with E-state index >= 15 is 0 Å². The summed E-state index contributed by atoms with van der Waals surface area (Å²) in [5.41, 5.74) is 1.06. The van der Waals surface area contributed by atoms with Gasteiger partial charge in [-0.05, 0) is 22.4 Å². The number of urea groups is 1. The number of nitrogens with zero attached hydrogens (tertiary/aromatic N) is 1. The highest BCUT2D eigenvalue weighted by Gasteiger charge is 2.06. The Labute approximate surface area is 112 Å². The van der Waals surface area contributed by atoms with Crippen molar-refractivity contribution in [3.05, 3.63) is 48.0 Å². The molecule has 0 bridgehead atoms. The van der Waals surface area contributed by atoms with E-state index in [9.17, 15) is 4.79 Å². The van der Waals surface area contributed by atoms with Gasteiger partial charge in [0, 0.05) is 20.1 Å². The summed E-state index contributed by atoms with van der Waals surface area (Å²) in [6, 6.07) is 14.1. The molecule has 2 rings (SSSR count). The average molecular weight is 258 g/mol. The highest BCUT2D eigenvalue weighted by molar-refractivity contribution is 5.83. The molecule has 2 amide bonds. The number of amides is 2. The second-order valence-electron chi connectivity index (χ2n) is 4.49. The molecular weight excluding hydrogens is 240 g/mol. The second-order valence-corrected chi connectivity index (χ2v) is 4.49. The molecule has 0 saturated heterocycles. The third-order valence-electron chi connectivity index (χ3n) is 3.04. The zero-order valence-electron chi connectivity index (χ0n) is 11.0. The van der Waals surface area contributed by atoms with Crippen LogP contribution in [0.3, 0.4) is 0 Å². The first-order valence-corrected chi connectivity index (χ1v) is 6.28. The van der Waals surface area contributed by atoms with Crippen molar-refractivity contribution in [2.45, 2.75) is 6.54 Å². The molecular formula is C15H18N2O2. The van der Waals surface area contributed by atoms with Crippen LogP contribution in [-0.4, -0.2) is 36.2 Å². The number of carbonyl (C=O) groups is 1. The fourth-order valence-electron chi connectivity index (χ4n) is 1.91. The Bertz CT molecular complexity index is 569. The smallest absolute Gasteiger partial charge is 0.317 e. The van der Waals surface area contributed by atoms with Gasteiger partial charge in [0.05, 0.1) is 6.61 Å². The van der Waals surface area contributed by atoms with Crippen molar-refractivity contribution >= 4 is 16.8 Å². The van der Waals surface area contributed by atoms with E-state index in [0.717, 1.165) is 10.9 Å². The molecule has 0 aliphatic heterocycles. The number of aliphatic hydroxyl groups is 1. The predicted molar refractivity (Wildman–Crippen MR) is 75.9 cm³/mol. The van der Waals surface area contributed by atoms with E-state index in [2.05, 4.69) is 23.5 Å². The summed E-state index contributed by atoms with van der Waals surface area (Å²) in [7, 11) is 1.66. The number of rotatable bonds is 4.